The Hall–Kier alpha value is -0.890. The van der Waals surface area contributed by atoms with Gasteiger partial charge in [0, 0.05) is 46.4 Å². The third-order valence-corrected chi connectivity index (χ3v) is 3.99. The van der Waals surface area contributed by atoms with Crippen molar-refractivity contribution in [1.29, 1.82) is 0 Å². The summed E-state index contributed by atoms with van der Waals surface area (Å²) in [6, 6.07) is 10.4. The number of morpholine rings is 1. The molecule has 1 saturated heterocycles. The number of nitrogens with one attached hydrogen (secondary N) is 2. The fraction of sp³-hybridized carbons (Fsp3) is 0.611. The predicted molar refractivity (Wildman–Crippen MR) is 108 cm³/mol. The molecule has 1 fully saturated rings. The molecule has 1 unspecified atom stereocenters. The van der Waals surface area contributed by atoms with Crippen LogP contribution in [0, 0.1) is 0 Å². The lowest BCUT2D eigenvalue weighted by Crippen LogP contribution is -2.44. The molecule has 1 aliphatic rings. The van der Waals surface area contributed by atoms with E-state index in [0.29, 0.717) is 26.2 Å². The van der Waals surface area contributed by atoms with E-state index in [9.17, 15) is 4.79 Å². The number of hydrogen-bond donors (Lipinski definition) is 2. The van der Waals surface area contributed by atoms with E-state index in [1.807, 2.05) is 6.07 Å². The molecule has 150 valence electrons. The Balaban J connectivity index is 0.00000312. The maximum Gasteiger partial charge on any atom is 0.222 e. The van der Waals surface area contributed by atoms with E-state index >= 15 is 0 Å². The first kappa shape index (κ1) is 25.1. The Kier molecular flexibility index (Phi) is 14.7. The Labute approximate surface area is 168 Å². The van der Waals surface area contributed by atoms with E-state index in [0.717, 1.165) is 32.7 Å². The number of hydrogen-bond acceptors (Lipinski definition) is 5. The van der Waals surface area contributed by atoms with Gasteiger partial charge in [-0.25, -0.2) is 0 Å². The first-order chi connectivity index (χ1) is 11.8. The summed E-state index contributed by atoms with van der Waals surface area (Å²) in [5.74, 6) is 0.0510. The van der Waals surface area contributed by atoms with Crippen LogP contribution < -0.4 is 10.6 Å². The van der Waals surface area contributed by atoms with Crippen molar-refractivity contribution in [3.05, 3.63) is 35.9 Å². The lowest BCUT2D eigenvalue weighted by atomic mass is 10.1. The van der Waals surface area contributed by atoms with E-state index in [1.165, 1.54) is 5.56 Å². The lowest BCUT2D eigenvalue weighted by Gasteiger charge is -2.32. The smallest absolute Gasteiger partial charge is 0.222 e. The average Bonchev–Trinajstić information content (AvgIpc) is 2.59. The molecule has 1 aromatic carbocycles. The Morgan fingerprint density at radius 1 is 1.23 bits per heavy atom. The minimum Gasteiger partial charge on any atom is -0.383 e. The molecular weight excluding hydrogens is 377 g/mol. The summed E-state index contributed by atoms with van der Waals surface area (Å²) in [5, 5.41) is 6.13. The number of carbonyl (C=O) groups is 1. The van der Waals surface area contributed by atoms with Gasteiger partial charge in [0.05, 0.1) is 25.7 Å². The van der Waals surface area contributed by atoms with Gasteiger partial charge in [0.15, 0.2) is 0 Å². The normalized spacial score (nSPS) is 17.0. The fourth-order valence-electron chi connectivity index (χ4n) is 2.76. The first-order valence-corrected chi connectivity index (χ1v) is 8.62. The third kappa shape index (κ3) is 10.3. The molecule has 1 aliphatic heterocycles. The highest BCUT2D eigenvalue weighted by atomic mass is 35.5. The average molecular weight is 408 g/mol. The summed E-state index contributed by atoms with van der Waals surface area (Å²) in [4.78, 5) is 14.4. The van der Waals surface area contributed by atoms with Crippen molar-refractivity contribution in [3.63, 3.8) is 0 Å². The SMILES string of the molecule is COCCNCCNC(=O)CC1CN(Cc2ccccc2)CCO1.Cl.Cl. The van der Waals surface area contributed by atoms with E-state index < -0.39 is 0 Å². The number of methoxy groups -OCH3 is 1. The molecule has 0 bridgehead atoms. The van der Waals surface area contributed by atoms with Crippen molar-refractivity contribution in [2.24, 2.45) is 0 Å². The highest BCUT2D eigenvalue weighted by Gasteiger charge is 2.22. The molecular formula is C18H31Cl2N3O3. The van der Waals surface area contributed by atoms with Gasteiger partial charge >= 0.3 is 0 Å². The van der Waals surface area contributed by atoms with Crippen molar-refractivity contribution in [2.45, 2.75) is 19.1 Å². The van der Waals surface area contributed by atoms with Gasteiger partial charge in [-0.05, 0) is 5.56 Å². The summed E-state index contributed by atoms with van der Waals surface area (Å²) in [5.41, 5.74) is 1.30. The molecule has 8 heteroatoms. The molecule has 6 nitrogen and oxygen atoms in total. The Morgan fingerprint density at radius 3 is 2.73 bits per heavy atom. The van der Waals surface area contributed by atoms with Gasteiger partial charge in [0.25, 0.3) is 0 Å². The van der Waals surface area contributed by atoms with Crippen molar-refractivity contribution in [2.75, 3.05) is 53.0 Å². The first-order valence-electron chi connectivity index (χ1n) is 8.62. The van der Waals surface area contributed by atoms with Gasteiger partial charge in [-0.3, -0.25) is 9.69 Å². The van der Waals surface area contributed by atoms with E-state index in [4.69, 9.17) is 9.47 Å². The van der Waals surface area contributed by atoms with Gasteiger partial charge in [-0.15, -0.1) is 24.8 Å². The number of nitrogens with zero attached hydrogens (tertiary/aromatic N) is 1. The van der Waals surface area contributed by atoms with Crippen LogP contribution in [-0.2, 0) is 20.8 Å². The second-order valence-electron chi connectivity index (χ2n) is 6.01. The Bertz CT molecular complexity index is 480. The topological polar surface area (TPSA) is 62.8 Å². The molecule has 0 aliphatic carbocycles. The van der Waals surface area contributed by atoms with Crippen LogP contribution in [-0.4, -0.2) is 70.0 Å². The Morgan fingerprint density at radius 2 is 2.00 bits per heavy atom. The molecule has 1 aromatic rings. The molecule has 26 heavy (non-hydrogen) atoms. The summed E-state index contributed by atoms with van der Waals surface area (Å²) in [6.07, 6.45) is 0.396. The second-order valence-corrected chi connectivity index (χ2v) is 6.01. The number of halogens is 2. The lowest BCUT2D eigenvalue weighted by molar-refractivity contribution is -0.126. The molecule has 2 rings (SSSR count). The molecule has 1 heterocycles. The van der Waals surface area contributed by atoms with Crippen LogP contribution >= 0.6 is 24.8 Å². The zero-order chi connectivity index (χ0) is 17.0. The summed E-state index contributed by atoms with van der Waals surface area (Å²) >= 11 is 0. The van der Waals surface area contributed by atoms with Crippen LogP contribution in [0.5, 0.6) is 0 Å². The molecule has 1 atom stereocenters. The number of amides is 1. The van der Waals surface area contributed by atoms with Crippen LogP contribution in [0.1, 0.15) is 12.0 Å². The largest absolute Gasteiger partial charge is 0.383 e. The van der Waals surface area contributed by atoms with Crippen LogP contribution in [0.25, 0.3) is 0 Å². The quantitative estimate of drug-likeness (QED) is 0.575. The number of benzene rings is 1. The highest BCUT2D eigenvalue weighted by molar-refractivity contribution is 5.85. The number of ether oxygens (including phenoxy) is 2. The summed E-state index contributed by atoms with van der Waals surface area (Å²) in [6.45, 7) is 6.16. The molecule has 0 radical (unpaired) electrons. The van der Waals surface area contributed by atoms with E-state index in [-0.39, 0.29) is 36.8 Å². The van der Waals surface area contributed by atoms with Crippen molar-refractivity contribution < 1.29 is 14.3 Å². The maximum absolute atomic E-state index is 12.0. The highest BCUT2D eigenvalue weighted by Crippen LogP contribution is 2.12. The fourth-order valence-corrected chi connectivity index (χ4v) is 2.76. The van der Waals surface area contributed by atoms with Gasteiger partial charge in [0.2, 0.25) is 5.91 Å². The number of carbonyl (C=O) groups excluding carboxylic acids is 1. The molecule has 0 aromatic heterocycles. The van der Waals surface area contributed by atoms with Gasteiger partial charge < -0.3 is 20.1 Å². The van der Waals surface area contributed by atoms with Gasteiger partial charge in [-0.1, -0.05) is 30.3 Å². The predicted octanol–water partition coefficient (Wildman–Crippen LogP) is 1.47. The second kappa shape index (κ2) is 15.2. The number of rotatable bonds is 10. The van der Waals surface area contributed by atoms with Gasteiger partial charge in [-0.2, -0.15) is 0 Å². The molecule has 0 saturated carbocycles. The minimum atomic E-state index is -0.0242. The van der Waals surface area contributed by atoms with Crippen LogP contribution in [0.4, 0.5) is 0 Å². The van der Waals surface area contributed by atoms with Gasteiger partial charge in [0.1, 0.15) is 0 Å². The maximum atomic E-state index is 12.0. The minimum absolute atomic E-state index is 0. The molecule has 1 amide bonds. The van der Waals surface area contributed by atoms with Crippen LogP contribution in [0.2, 0.25) is 0 Å². The third-order valence-electron chi connectivity index (χ3n) is 3.99. The van der Waals surface area contributed by atoms with Crippen LogP contribution in [0.15, 0.2) is 30.3 Å². The zero-order valence-corrected chi connectivity index (χ0v) is 16.9. The van der Waals surface area contributed by atoms with E-state index in [1.54, 1.807) is 7.11 Å². The van der Waals surface area contributed by atoms with Crippen molar-refractivity contribution in [1.82, 2.24) is 15.5 Å². The molecule has 2 N–H and O–H groups in total. The standard InChI is InChI=1S/C18H29N3O3.2ClH/c1-23-11-9-19-7-8-20-18(22)13-17-15-21(10-12-24-17)14-16-5-3-2-4-6-16;;/h2-6,17,19H,7-15H2,1H3,(H,20,22);2*1H. The summed E-state index contributed by atoms with van der Waals surface area (Å²) < 4.78 is 10.7. The molecule has 0 spiro atoms. The van der Waals surface area contributed by atoms with E-state index in [2.05, 4.69) is 39.8 Å². The van der Waals surface area contributed by atoms with Crippen molar-refractivity contribution in [3.8, 4) is 0 Å². The van der Waals surface area contributed by atoms with Crippen molar-refractivity contribution >= 4 is 30.7 Å². The van der Waals surface area contributed by atoms with Crippen LogP contribution in [0.3, 0.4) is 0 Å². The summed E-state index contributed by atoms with van der Waals surface area (Å²) in [7, 11) is 1.68. The monoisotopic (exact) mass is 407 g/mol. The zero-order valence-electron chi connectivity index (χ0n) is 15.3.